The summed E-state index contributed by atoms with van der Waals surface area (Å²) in [5, 5.41) is 1.26. The van der Waals surface area contributed by atoms with Gasteiger partial charge in [0.2, 0.25) is 0 Å². The Kier molecular flexibility index (Phi) is 2.40. The molecule has 2 aromatic rings. The molecule has 1 aromatic carbocycles. The molecule has 0 amide bonds. The van der Waals surface area contributed by atoms with Crippen LogP contribution < -0.4 is 0 Å². The van der Waals surface area contributed by atoms with Crippen LogP contribution in [0.15, 0.2) is 28.7 Å². The van der Waals surface area contributed by atoms with Gasteiger partial charge in [0.15, 0.2) is 0 Å². The average molecular weight is 262 g/mol. The van der Waals surface area contributed by atoms with Crippen molar-refractivity contribution in [2.45, 2.75) is 5.88 Å². The molecule has 12 heavy (non-hydrogen) atoms. The number of fused-ring (bicyclic) bond motifs is 1. The van der Waals surface area contributed by atoms with Crippen molar-refractivity contribution in [2.75, 3.05) is 0 Å². The van der Waals surface area contributed by atoms with Crippen molar-refractivity contribution in [3.8, 4) is 0 Å². The standard InChI is InChI=1S/C9H6BrClS/c10-8-2-1-3-9-7(8)4-6(5-11)12-9/h1-4H,5H2. The Bertz CT molecular complexity index is 408. The fourth-order valence-electron chi connectivity index (χ4n) is 1.14. The van der Waals surface area contributed by atoms with Gasteiger partial charge in [-0.3, -0.25) is 0 Å². The summed E-state index contributed by atoms with van der Waals surface area (Å²) < 4.78 is 2.44. The predicted molar refractivity (Wildman–Crippen MR) is 59.1 cm³/mol. The minimum absolute atomic E-state index is 0.603. The normalized spacial score (nSPS) is 10.8. The highest BCUT2D eigenvalue weighted by atomic mass is 79.9. The Hall–Kier alpha value is -0.0500. The van der Waals surface area contributed by atoms with Gasteiger partial charge in [0.05, 0.1) is 5.88 Å². The van der Waals surface area contributed by atoms with E-state index in [9.17, 15) is 0 Å². The lowest BCUT2D eigenvalue weighted by Crippen LogP contribution is -1.64. The molecule has 0 unspecified atom stereocenters. The summed E-state index contributed by atoms with van der Waals surface area (Å²) in [6, 6.07) is 8.34. The third-order valence-corrected chi connectivity index (χ3v) is 3.93. The molecule has 2 rings (SSSR count). The monoisotopic (exact) mass is 260 g/mol. The highest BCUT2D eigenvalue weighted by Gasteiger charge is 2.02. The van der Waals surface area contributed by atoms with E-state index in [1.807, 2.05) is 12.1 Å². The molecule has 0 radical (unpaired) electrons. The van der Waals surface area contributed by atoms with Crippen LogP contribution in [0.1, 0.15) is 4.88 Å². The van der Waals surface area contributed by atoms with E-state index < -0.39 is 0 Å². The maximum atomic E-state index is 5.75. The van der Waals surface area contributed by atoms with E-state index in [0.29, 0.717) is 5.88 Å². The van der Waals surface area contributed by atoms with E-state index in [1.165, 1.54) is 15.0 Å². The zero-order valence-electron chi connectivity index (χ0n) is 6.18. The average Bonchev–Trinajstić information content (AvgIpc) is 2.49. The van der Waals surface area contributed by atoms with Gasteiger partial charge in [0.25, 0.3) is 0 Å². The van der Waals surface area contributed by atoms with Crippen molar-refractivity contribution in [1.29, 1.82) is 0 Å². The second-order valence-electron chi connectivity index (χ2n) is 2.50. The van der Waals surface area contributed by atoms with Crippen LogP contribution in [0, 0.1) is 0 Å². The minimum Gasteiger partial charge on any atom is -0.139 e. The Balaban J connectivity index is 2.74. The van der Waals surface area contributed by atoms with Crippen LogP contribution in [0.5, 0.6) is 0 Å². The van der Waals surface area contributed by atoms with E-state index in [1.54, 1.807) is 11.3 Å². The molecular weight excluding hydrogens is 256 g/mol. The quantitative estimate of drug-likeness (QED) is 0.667. The highest BCUT2D eigenvalue weighted by Crippen LogP contribution is 2.31. The van der Waals surface area contributed by atoms with Crippen molar-refractivity contribution in [3.05, 3.63) is 33.6 Å². The van der Waals surface area contributed by atoms with E-state index in [4.69, 9.17) is 11.6 Å². The van der Waals surface area contributed by atoms with Crippen LogP contribution in [0.4, 0.5) is 0 Å². The Morgan fingerprint density at radius 2 is 2.25 bits per heavy atom. The fourth-order valence-corrected chi connectivity index (χ4v) is 2.94. The zero-order chi connectivity index (χ0) is 8.55. The molecule has 0 spiro atoms. The Labute approximate surface area is 88.3 Å². The first kappa shape index (κ1) is 8.54. The van der Waals surface area contributed by atoms with Crippen molar-refractivity contribution in [1.82, 2.24) is 0 Å². The Morgan fingerprint density at radius 3 is 2.92 bits per heavy atom. The second-order valence-corrected chi connectivity index (χ2v) is 4.79. The zero-order valence-corrected chi connectivity index (χ0v) is 9.34. The molecular formula is C9H6BrClS. The number of hydrogen-bond acceptors (Lipinski definition) is 1. The van der Waals surface area contributed by atoms with E-state index in [0.717, 1.165) is 4.47 Å². The number of hydrogen-bond donors (Lipinski definition) is 0. The molecule has 0 aliphatic heterocycles. The summed E-state index contributed by atoms with van der Waals surface area (Å²) >= 11 is 11.0. The molecule has 0 aliphatic carbocycles. The first-order valence-electron chi connectivity index (χ1n) is 3.54. The van der Waals surface area contributed by atoms with Gasteiger partial charge in [-0.25, -0.2) is 0 Å². The van der Waals surface area contributed by atoms with Gasteiger partial charge in [-0.15, -0.1) is 22.9 Å². The summed E-state index contributed by atoms with van der Waals surface area (Å²) in [5.74, 6) is 0.603. The summed E-state index contributed by atoms with van der Waals surface area (Å²) in [5.41, 5.74) is 0. The molecule has 0 atom stereocenters. The van der Waals surface area contributed by atoms with Crippen LogP contribution in [-0.2, 0) is 5.88 Å². The highest BCUT2D eigenvalue weighted by molar-refractivity contribution is 9.10. The lowest BCUT2D eigenvalue weighted by atomic mass is 10.2. The van der Waals surface area contributed by atoms with Crippen molar-refractivity contribution in [3.63, 3.8) is 0 Å². The maximum absolute atomic E-state index is 5.75. The van der Waals surface area contributed by atoms with Gasteiger partial charge in [-0.1, -0.05) is 22.0 Å². The summed E-state index contributed by atoms with van der Waals surface area (Å²) in [6.45, 7) is 0. The van der Waals surface area contributed by atoms with E-state index in [-0.39, 0.29) is 0 Å². The molecule has 0 saturated carbocycles. The predicted octanol–water partition coefficient (Wildman–Crippen LogP) is 4.40. The number of halogens is 2. The largest absolute Gasteiger partial charge is 0.139 e. The van der Waals surface area contributed by atoms with Crippen LogP contribution in [-0.4, -0.2) is 0 Å². The first-order valence-corrected chi connectivity index (χ1v) is 5.68. The van der Waals surface area contributed by atoms with Crippen LogP contribution in [0.2, 0.25) is 0 Å². The van der Waals surface area contributed by atoms with Gasteiger partial charge >= 0.3 is 0 Å². The van der Waals surface area contributed by atoms with Gasteiger partial charge in [0, 0.05) is 19.4 Å². The summed E-state index contributed by atoms with van der Waals surface area (Å²) in [7, 11) is 0. The van der Waals surface area contributed by atoms with Gasteiger partial charge in [-0.2, -0.15) is 0 Å². The van der Waals surface area contributed by atoms with Crippen LogP contribution in [0.25, 0.3) is 10.1 Å². The number of thiophene rings is 1. The second kappa shape index (κ2) is 3.36. The topological polar surface area (TPSA) is 0 Å². The molecule has 0 N–H and O–H groups in total. The summed E-state index contributed by atoms with van der Waals surface area (Å²) in [4.78, 5) is 1.22. The third kappa shape index (κ3) is 1.39. The third-order valence-electron chi connectivity index (χ3n) is 1.69. The van der Waals surface area contributed by atoms with Crippen LogP contribution >= 0.6 is 38.9 Å². The SMILES string of the molecule is ClCc1cc2c(Br)cccc2s1. The minimum atomic E-state index is 0.603. The van der Waals surface area contributed by atoms with Gasteiger partial charge < -0.3 is 0 Å². The lowest BCUT2D eigenvalue weighted by Gasteiger charge is -1.89. The Morgan fingerprint density at radius 1 is 1.42 bits per heavy atom. The molecule has 0 aliphatic rings. The van der Waals surface area contributed by atoms with Crippen LogP contribution in [0.3, 0.4) is 0 Å². The number of benzene rings is 1. The molecule has 1 heterocycles. The fraction of sp³-hybridized carbons (Fsp3) is 0.111. The summed E-state index contributed by atoms with van der Waals surface area (Å²) in [6.07, 6.45) is 0. The first-order chi connectivity index (χ1) is 5.81. The van der Waals surface area contributed by atoms with E-state index in [2.05, 4.69) is 28.1 Å². The molecule has 0 fully saturated rings. The molecule has 3 heteroatoms. The maximum Gasteiger partial charge on any atom is 0.0568 e. The molecule has 62 valence electrons. The molecule has 0 nitrogen and oxygen atoms in total. The lowest BCUT2D eigenvalue weighted by molar-refractivity contribution is 1.54. The van der Waals surface area contributed by atoms with Crippen molar-refractivity contribution in [2.24, 2.45) is 0 Å². The smallest absolute Gasteiger partial charge is 0.0568 e. The number of rotatable bonds is 1. The van der Waals surface area contributed by atoms with Crippen molar-refractivity contribution >= 4 is 49.0 Å². The van der Waals surface area contributed by atoms with Gasteiger partial charge in [0.1, 0.15) is 0 Å². The van der Waals surface area contributed by atoms with E-state index >= 15 is 0 Å². The molecule has 0 saturated heterocycles. The van der Waals surface area contributed by atoms with Crippen molar-refractivity contribution < 1.29 is 0 Å². The molecule has 0 bridgehead atoms. The molecule has 1 aromatic heterocycles. The van der Waals surface area contributed by atoms with Gasteiger partial charge in [-0.05, 0) is 18.2 Å². The number of alkyl halides is 1.